The Morgan fingerprint density at radius 3 is 2.58 bits per heavy atom. The van der Waals surface area contributed by atoms with Gasteiger partial charge in [-0.2, -0.15) is 0 Å². The van der Waals surface area contributed by atoms with Crippen LogP contribution in [-0.2, 0) is 6.54 Å². The Kier molecular flexibility index (Phi) is 2.98. The molecule has 0 unspecified atom stereocenters. The number of pyridine rings is 1. The monoisotopic (exact) mass is 250 g/mol. The number of aromatic nitrogens is 3. The fraction of sp³-hybridized carbons (Fsp3) is 0.0667. The van der Waals surface area contributed by atoms with Gasteiger partial charge < -0.3 is 10.3 Å². The fourth-order valence-corrected chi connectivity index (χ4v) is 2.05. The second kappa shape index (κ2) is 4.94. The van der Waals surface area contributed by atoms with Gasteiger partial charge in [0.25, 0.3) is 0 Å². The van der Waals surface area contributed by atoms with E-state index in [1.807, 2.05) is 48.7 Å². The molecule has 2 heterocycles. The molecule has 3 aromatic rings. The number of nitrogens with zero attached hydrogens (tertiary/aromatic N) is 3. The number of anilines is 1. The first-order valence-electron chi connectivity index (χ1n) is 6.10. The lowest BCUT2D eigenvalue weighted by Crippen LogP contribution is -2.05. The molecular formula is C15H14N4. The summed E-state index contributed by atoms with van der Waals surface area (Å²) in [6, 6.07) is 14.0. The van der Waals surface area contributed by atoms with Crippen molar-refractivity contribution in [2.45, 2.75) is 6.54 Å². The molecule has 0 amide bonds. The lowest BCUT2D eigenvalue weighted by atomic mass is 10.2. The first kappa shape index (κ1) is 11.5. The summed E-state index contributed by atoms with van der Waals surface area (Å²) in [6.07, 6.45) is 5.45. The van der Waals surface area contributed by atoms with Gasteiger partial charge in [0.2, 0.25) is 0 Å². The lowest BCUT2D eigenvalue weighted by molar-refractivity contribution is 0.805. The van der Waals surface area contributed by atoms with Crippen molar-refractivity contribution in [1.29, 1.82) is 0 Å². The normalized spacial score (nSPS) is 10.5. The minimum Gasteiger partial charge on any atom is -0.383 e. The Balaban J connectivity index is 1.96. The molecule has 94 valence electrons. The Hall–Kier alpha value is -2.62. The number of nitrogen functional groups attached to an aromatic ring is 1. The number of hydrogen-bond acceptors (Lipinski definition) is 3. The van der Waals surface area contributed by atoms with Crippen molar-refractivity contribution >= 4 is 5.82 Å². The highest BCUT2D eigenvalue weighted by molar-refractivity contribution is 5.55. The van der Waals surface area contributed by atoms with E-state index in [9.17, 15) is 0 Å². The first-order chi connectivity index (χ1) is 9.34. The molecule has 0 atom stereocenters. The van der Waals surface area contributed by atoms with E-state index in [0.29, 0.717) is 12.4 Å². The summed E-state index contributed by atoms with van der Waals surface area (Å²) in [7, 11) is 0. The summed E-state index contributed by atoms with van der Waals surface area (Å²) in [5.74, 6) is 1.50. The van der Waals surface area contributed by atoms with Crippen LogP contribution in [0.5, 0.6) is 0 Å². The van der Waals surface area contributed by atoms with Gasteiger partial charge in [0, 0.05) is 29.7 Å². The summed E-state index contributed by atoms with van der Waals surface area (Å²) < 4.78 is 2.07. The van der Waals surface area contributed by atoms with Crippen molar-refractivity contribution in [3.63, 3.8) is 0 Å². The first-order valence-corrected chi connectivity index (χ1v) is 6.10. The summed E-state index contributed by atoms with van der Waals surface area (Å²) in [6.45, 7) is 0.671. The van der Waals surface area contributed by atoms with Gasteiger partial charge in [-0.15, -0.1) is 0 Å². The van der Waals surface area contributed by atoms with Gasteiger partial charge in [-0.3, -0.25) is 0 Å². The number of nitrogens with two attached hydrogens (primary N) is 1. The predicted octanol–water partition coefficient (Wildman–Crippen LogP) is 2.58. The summed E-state index contributed by atoms with van der Waals surface area (Å²) in [5.41, 5.74) is 7.97. The van der Waals surface area contributed by atoms with Crippen LogP contribution in [0.1, 0.15) is 5.56 Å². The SMILES string of the molecule is Nc1ncccc1Cn1ccnc1-c1ccccc1. The van der Waals surface area contributed by atoms with Gasteiger partial charge >= 0.3 is 0 Å². The summed E-state index contributed by atoms with van der Waals surface area (Å²) in [4.78, 5) is 8.52. The average Bonchev–Trinajstić information content (AvgIpc) is 2.91. The highest BCUT2D eigenvalue weighted by Gasteiger charge is 2.07. The molecule has 0 fully saturated rings. The quantitative estimate of drug-likeness (QED) is 0.777. The van der Waals surface area contributed by atoms with E-state index in [2.05, 4.69) is 14.5 Å². The van der Waals surface area contributed by atoms with Crippen molar-refractivity contribution in [1.82, 2.24) is 14.5 Å². The molecule has 0 aliphatic carbocycles. The molecule has 2 N–H and O–H groups in total. The fourth-order valence-electron chi connectivity index (χ4n) is 2.05. The van der Waals surface area contributed by atoms with Gasteiger partial charge in [-0.1, -0.05) is 36.4 Å². The second-order valence-electron chi connectivity index (χ2n) is 4.29. The van der Waals surface area contributed by atoms with Crippen LogP contribution in [0.25, 0.3) is 11.4 Å². The van der Waals surface area contributed by atoms with Crippen molar-refractivity contribution < 1.29 is 0 Å². The van der Waals surface area contributed by atoms with E-state index < -0.39 is 0 Å². The number of imidazole rings is 1. The zero-order chi connectivity index (χ0) is 13.1. The number of hydrogen-bond donors (Lipinski definition) is 1. The molecule has 1 aromatic carbocycles. The average molecular weight is 250 g/mol. The highest BCUT2D eigenvalue weighted by Crippen LogP contribution is 2.19. The standard InChI is InChI=1S/C15H14N4/c16-14-13(7-4-8-17-14)11-19-10-9-18-15(19)12-5-2-1-3-6-12/h1-10H,11H2,(H2,16,17). The van der Waals surface area contributed by atoms with Gasteiger partial charge in [0.05, 0.1) is 6.54 Å². The molecule has 2 aromatic heterocycles. The van der Waals surface area contributed by atoms with Crippen LogP contribution in [0.2, 0.25) is 0 Å². The van der Waals surface area contributed by atoms with E-state index in [0.717, 1.165) is 17.0 Å². The molecule has 3 rings (SSSR count). The molecule has 0 aliphatic heterocycles. The highest BCUT2D eigenvalue weighted by atomic mass is 15.1. The van der Waals surface area contributed by atoms with Crippen LogP contribution in [0, 0.1) is 0 Å². The second-order valence-corrected chi connectivity index (χ2v) is 4.29. The largest absolute Gasteiger partial charge is 0.383 e. The van der Waals surface area contributed by atoms with Crippen molar-refractivity contribution in [3.8, 4) is 11.4 Å². The molecule has 0 aliphatic rings. The molecule has 0 spiro atoms. The van der Waals surface area contributed by atoms with E-state index in [1.54, 1.807) is 12.4 Å². The van der Waals surface area contributed by atoms with Crippen molar-refractivity contribution in [3.05, 3.63) is 66.6 Å². The van der Waals surface area contributed by atoms with E-state index in [-0.39, 0.29) is 0 Å². The maximum Gasteiger partial charge on any atom is 0.140 e. The molecule has 0 bridgehead atoms. The van der Waals surface area contributed by atoms with Crippen LogP contribution >= 0.6 is 0 Å². The maximum absolute atomic E-state index is 5.88. The smallest absolute Gasteiger partial charge is 0.140 e. The summed E-state index contributed by atoms with van der Waals surface area (Å²) >= 11 is 0. The van der Waals surface area contributed by atoms with Gasteiger partial charge in [-0.25, -0.2) is 9.97 Å². The molecule has 4 heteroatoms. The Labute approximate surface area is 111 Å². The van der Waals surface area contributed by atoms with Crippen LogP contribution in [0.4, 0.5) is 5.82 Å². The number of rotatable bonds is 3. The topological polar surface area (TPSA) is 56.7 Å². The third-order valence-electron chi connectivity index (χ3n) is 3.01. The van der Waals surface area contributed by atoms with Gasteiger partial charge in [0.1, 0.15) is 11.6 Å². The Morgan fingerprint density at radius 1 is 0.947 bits per heavy atom. The third-order valence-corrected chi connectivity index (χ3v) is 3.01. The Bertz CT molecular complexity index is 673. The van der Waals surface area contributed by atoms with Crippen LogP contribution in [-0.4, -0.2) is 14.5 Å². The molecule has 0 radical (unpaired) electrons. The Morgan fingerprint density at radius 2 is 1.79 bits per heavy atom. The zero-order valence-electron chi connectivity index (χ0n) is 10.4. The van der Waals surface area contributed by atoms with Crippen molar-refractivity contribution in [2.24, 2.45) is 0 Å². The molecule has 0 saturated heterocycles. The van der Waals surface area contributed by atoms with Crippen LogP contribution < -0.4 is 5.73 Å². The molecule has 0 saturated carbocycles. The van der Waals surface area contributed by atoms with E-state index >= 15 is 0 Å². The van der Waals surface area contributed by atoms with E-state index in [4.69, 9.17) is 5.73 Å². The van der Waals surface area contributed by atoms with Gasteiger partial charge in [0.15, 0.2) is 0 Å². The maximum atomic E-state index is 5.88. The minimum absolute atomic E-state index is 0.565. The van der Waals surface area contributed by atoms with Crippen LogP contribution in [0.15, 0.2) is 61.1 Å². The van der Waals surface area contributed by atoms with Crippen LogP contribution in [0.3, 0.4) is 0 Å². The molecule has 4 nitrogen and oxygen atoms in total. The third kappa shape index (κ3) is 2.33. The molecular weight excluding hydrogens is 236 g/mol. The minimum atomic E-state index is 0.565. The predicted molar refractivity (Wildman–Crippen MR) is 75.4 cm³/mol. The van der Waals surface area contributed by atoms with E-state index in [1.165, 1.54) is 0 Å². The molecule has 19 heavy (non-hydrogen) atoms. The zero-order valence-corrected chi connectivity index (χ0v) is 10.4. The number of benzene rings is 1. The lowest BCUT2D eigenvalue weighted by Gasteiger charge is -2.09. The van der Waals surface area contributed by atoms with Crippen molar-refractivity contribution in [2.75, 3.05) is 5.73 Å². The van der Waals surface area contributed by atoms with Gasteiger partial charge in [-0.05, 0) is 6.07 Å². The summed E-state index contributed by atoms with van der Waals surface area (Å²) in [5, 5.41) is 0.